The zero-order valence-corrected chi connectivity index (χ0v) is 17.5. The number of halogens is 1. The Hall–Kier alpha value is -2.57. The number of amidine groups is 1. The summed E-state index contributed by atoms with van der Waals surface area (Å²) in [6, 6.07) is 19.6. The third-order valence-electron chi connectivity index (χ3n) is 4.27. The smallest absolute Gasteiger partial charge is 0.264 e. The number of aryl methyl sites for hydroxylation is 1. The van der Waals surface area contributed by atoms with E-state index in [0.29, 0.717) is 15.8 Å². The molecule has 1 saturated heterocycles. The fourth-order valence-corrected chi connectivity index (χ4v) is 3.92. The number of benzene rings is 2. The van der Waals surface area contributed by atoms with Crippen molar-refractivity contribution >= 4 is 50.5 Å². The van der Waals surface area contributed by atoms with Crippen molar-refractivity contribution in [1.82, 2.24) is 5.32 Å². The Morgan fingerprint density at radius 3 is 2.68 bits per heavy atom. The second kappa shape index (κ2) is 8.20. The summed E-state index contributed by atoms with van der Waals surface area (Å²) in [5.41, 5.74) is 3.01. The van der Waals surface area contributed by atoms with E-state index in [1.807, 2.05) is 60.7 Å². The molecule has 28 heavy (non-hydrogen) atoms. The van der Waals surface area contributed by atoms with E-state index in [0.717, 1.165) is 33.5 Å². The molecule has 1 N–H and O–H groups in total. The minimum Gasteiger partial charge on any atom is -0.457 e. The van der Waals surface area contributed by atoms with Crippen LogP contribution in [0.4, 0.5) is 5.69 Å². The standard InChI is InChI=1S/C22H17BrN2O2S/c1-2-14-5-3-4-6-18(14)24-22-25-21(26)20(28-22)13-17-11-12-19(27-17)15-7-9-16(23)10-8-15/h3-13H,2H2,1H3,(H,24,25,26)/b20-13+. The number of nitrogens with one attached hydrogen (secondary N) is 1. The Balaban J connectivity index is 1.55. The first kappa shape index (κ1) is 18.8. The molecule has 2 heterocycles. The topological polar surface area (TPSA) is 54.6 Å². The average Bonchev–Trinajstić information content (AvgIpc) is 3.30. The van der Waals surface area contributed by atoms with Gasteiger partial charge in [-0.3, -0.25) is 4.79 Å². The van der Waals surface area contributed by atoms with E-state index in [1.54, 1.807) is 6.08 Å². The number of rotatable bonds is 4. The van der Waals surface area contributed by atoms with E-state index in [2.05, 4.69) is 33.2 Å². The van der Waals surface area contributed by atoms with Crippen LogP contribution in [0.2, 0.25) is 0 Å². The maximum atomic E-state index is 12.3. The molecule has 0 unspecified atom stereocenters. The van der Waals surface area contributed by atoms with Crippen LogP contribution in [-0.2, 0) is 11.2 Å². The molecule has 0 radical (unpaired) electrons. The first-order valence-electron chi connectivity index (χ1n) is 8.85. The summed E-state index contributed by atoms with van der Waals surface area (Å²) in [6.07, 6.45) is 2.64. The summed E-state index contributed by atoms with van der Waals surface area (Å²) in [6.45, 7) is 2.09. The quantitative estimate of drug-likeness (QED) is 0.481. The first-order valence-corrected chi connectivity index (χ1v) is 10.5. The zero-order valence-electron chi connectivity index (χ0n) is 15.1. The Morgan fingerprint density at radius 2 is 1.89 bits per heavy atom. The molecule has 0 atom stereocenters. The molecule has 3 aromatic rings. The number of hydrogen-bond donors (Lipinski definition) is 1. The summed E-state index contributed by atoms with van der Waals surface area (Å²) in [7, 11) is 0. The lowest BCUT2D eigenvalue weighted by Crippen LogP contribution is -2.19. The number of hydrogen-bond acceptors (Lipinski definition) is 4. The molecule has 1 amide bonds. The highest BCUT2D eigenvalue weighted by Crippen LogP contribution is 2.31. The van der Waals surface area contributed by atoms with Crippen LogP contribution < -0.4 is 5.32 Å². The molecule has 1 aromatic heterocycles. The van der Waals surface area contributed by atoms with Gasteiger partial charge in [0.2, 0.25) is 0 Å². The van der Waals surface area contributed by atoms with Crippen LogP contribution in [0.1, 0.15) is 18.2 Å². The SMILES string of the molecule is CCc1ccccc1N=C1NC(=O)/C(=C\c2ccc(-c3ccc(Br)cc3)o2)S1. The molecule has 0 bridgehead atoms. The third kappa shape index (κ3) is 4.13. The maximum absolute atomic E-state index is 12.3. The van der Waals surface area contributed by atoms with E-state index < -0.39 is 0 Å². The van der Waals surface area contributed by atoms with Gasteiger partial charge in [-0.25, -0.2) is 4.99 Å². The second-order valence-corrected chi connectivity index (χ2v) is 8.12. The number of furan rings is 1. The third-order valence-corrected chi connectivity index (χ3v) is 5.71. The molecule has 0 saturated carbocycles. The number of amides is 1. The van der Waals surface area contributed by atoms with Crippen LogP contribution in [0.15, 0.2) is 79.5 Å². The summed E-state index contributed by atoms with van der Waals surface area (Å²) >= 11 is 4.75. The average molecular weight is 453 g/mol. The predicted octanol–water partition coefficient (Wildman–Crippen LogP) is 6.16. The van der Waals surface area contributed by atoms with Gasteiger partial charge in [0.1, 0.15) is 11.5 Å². The van der Waals surface area contributed by atoms with Crippen molar-refractivity contribution in [2.24, 2.45) is 4.99 Å². The van der Waals surface area contributed by atoms with Crippen LogP contribution in [0.25, 0.3) is 17.4 Å². The van der Waals surface area contributed by atoms with Gasteiger partial charge in [0, 0.05) is 16.1 Å². The van der Waals surface area contributed by atoms with Crippen LogP contribution >= 0.6 is 27.7 Å². The van der Waals surface area contributed by atoms with Crippen LogP contribution in [0, 0.1) is 0 Å². The van der Waals surface area contributed by atoms with Crippen molar-refractivity contribution in [3.05, 3.63) is 81.4 Å². The molecule has 0 spiro atoms. The molecular formula is C22H17BrN2O2S. The lowest BCUT2D eigenvalue weighted by Gasteiger charge is -2.02. The maximum Gasteiger partial charge on any atom is 0.264 e. The summed E-state index contributed by atoms with van der Waals surface area (Å²) in [4.78, 5) is 17.5. The van der Waals surface area contributed by atoms with Crippen molar-refractivity contribution in [3.63, 3.8) is 0 Å². The van der Waals surface area contributed by atoms with Crippen LogP contribution in [0.3, 0.4) is 0 Å². The number of carbonyl (C=O) groups excluding carboxylic acids is 1. The normalized spacial score (nSPS) is 16.7. The minimum atomic E-state index is -0.167. The van der Waals surface area contributed by atoms with Crippen molar-refractivity contribution in [3.8, 4) is 11.3 Å². The van der Waals surface area contributed by atoms with Gasteiger partial charge in [-0.2, -0.15) is 0 Å². The summed E-state index contributed by atoms with van der Waals surface area (Å²) in [5.74, 6) is 1.22. The highest BCUT2D eigenvalue weighted by atomic mass is 79.9. The van der Waals surface area contributed by atoms with Gasteiger partial charge in [-0.1, -0.05) is 53.2 Å². The molecule has 1 fully saturated rings. The lowest BCUT2D eigenvalue weighted by molar-refractivity contribution is -0.115. The highest BCUT2D eigenvalue weighted by Gasteiger charge is 2.24. The molecule has 2 aromatic carbocycles. The van der Waals surface area contributed by atoms with E-state index in [1.165, 1.54) is 11.8 Å². The fraction of sp³-hybridized carbons (Fsp3) is 0.0909. The van der Waals surface area contributed by atoms with Gasteiger partial charge in [0.25, 0.3) is 5.91 Å². The Kier molecular flexibility index (Phi) is 5.50. The lowest BCUT2D eigenvalue weighted by atomic mass is 10.1. The fourth-order valence-electron chi connectivity index (χ4n) is 2.84. The largest absolute Gasteiger partial charge is 0.457 e. The van der Waals surface area contributed by atoms with Crippen molar-refractivity contribution in [2.45, 2.75) is 13.3 Å². The zero-order chi connectivity index (χ0) is 19.5. The Labute approximate surface area is 175 Å². The van der Waals surface area contributed by atoms with Gasteiger partial charge in [-0.15, -0.1) is 0 Å². The predicted molar refractivity (Wildman–Crippen MR) is 118 cm³/mol. The minimum absolute atomic E-state index is 0.167. The summed E-state index contributed by atoms with van der Waals surface area (Å²) < 4.78 is 6.90. The van der Waals surface area contributed by atoms with Gasteiger partial charge < -0.3 is 9.73 Å². The monoisotopic (exact) mass is 452 g/mol. The van der Waals surface area contributed by atoms with Crippen LogP contribution in [0.5, 0.6) is 0 Å². The van der Waals surface area contributed by atoms with Gasteiger partial charge >= 0.3 is 0 Å². The molecular weight excluding hydrogens is 436 g/mol. The van der Waals surface area contributed by atoms with Crippen LogP contribution in [-0.4, -0.2) is 11.1 Å². The van der Waals surface area contributed by atoms with E-state index >= 15 is 0 Å². The Bertz CT molecular complexity index is 1080. The molecule has 0 aliphatic carbocycles. The molecule has 1 aliphatic rings. The van der Waals surface area contributed by atoms with E-state index in [9.17, 15) is 4.79 Å². The summed E-state index contributed by atoms with van der Waals surface area (Å²) in [5, 5.41) is 3.41. The van der Waals surface area contributed by atoms with Gasteiger partial charge in [0.15, 0.2) is 5.17 Å². The molecule has 6 heteroatoms. The van der Waals surface area contributed by atoms with Crippen molar-refractivity contribution in [2.75, 3.05) is 0 Å². The van der Waals surface area contributed by atoms with E-state index in [4.69, 9.17) is 4.42 Å². The Morgan fingerprint density at radius 1 is 1.11 bits per heavy atom. The van der Waals surface area contributed by atoms with Gasteiger partial charge in [-0.05, 0) is 54.1 Å². The number of aliphatic imine (C=N–C) groups is 1. The van der Waals surface area contributed by atoms with E-state index in [-0.39, 0.29) is 5.91 Å². The molecule has 1 aliphatic heterocycles. The van der Waals surface area contributed by atoms with Gasteiger partial charge in [0.05, 0.1) is 10.6 Å². The van der Waals surface area contributed by atoms with Crippen molar-refractivity contribution in [1.29, 1.82) is 0 Å². The first-order chi connectivity index (χ1) is 13.6. The number of carbonyl (C=O) groups is 1. The molecule has 4 rings (SSSR count). The number of nitrogens with zero attached hydrogens (tertiary/aromatic N) is 1. The second-order valence-electron chi connectivity index (χ2n) is 6.17. The molecule has 4 nitrogen and oxygen atoms in total. The number of thioether (sulfide) groups is 1. The number of para-hydroxylation sites is 1. The molecule has 140 valence electrons. The van der Waals surface area contributed by atoms with Crippen molar-refractivity contribution < 1.29 is 9.21 Å². The highest BCUT2D eigenvalue weighted by molar-refractivity contribution is 9.10.